The van der Waals surface area contributed by atoms with Gasteiger partial charge < -0.3 is 10.1 Å². The fourth-order valence-electron chi connectivity index (χ4n) is 2.43. The highest BCUT2D eigenvalue weighted by Crippen LogP contribution is 2.33. The molecule has 1 aliphatic rings. The van der Waals surface area contributed by atoms with E-state index in [0.717, 1.165) is 42.0 Å². The molecule has 1 atom stereocenters. The van der Waals surface area contributed by atoms with Gasteiger partial charge in [0.25, 0.3) is 0 Å². The van der Waals surface area contributed by atoms with E-state index >= 15 is 0 Å². The quantitative estimate of drug-likeness (QED) is 0.930. The molecule has 2 aromatic rings. The molecule has 0 radical (unpaired) electrons. The molecule has 1 aromatic heterocycles. The Labute approximate surface area is 126 Å². The topological polar surface area (TPSA) is 52.0 Å². The number of aryl methyl sites for hydroxylation is 1. The van der Waals surface area contributed by atoms with Gasteiger partial charge in [-0.15, -0.1) is 0 Å². The van der Waals surface area contributed by atoms with Crippen LogP contribution in [0.15, 0.2) is 29.0 Å². The van der Waals surface area contributed by atoms with Gasteiger partial charge in [0, 0.05) is 42.5 Å². The van der Waals surface area contributed by atoms with Crippen molar-refractivity contribution in [1.82, 2.24) is 20.1 Å². The molecule has 3 rings (SSSR count). The molecule has 6 heteroatoms. The average Bonchev–Trinajstić information content (AvgIpc) is 2.85. The first-order chi connectivity index (χ1) is 9.72. The van der Waals surface area contributed by atoms with Gasteiger partial charge in [-0.25, -0.2) is 4.98 Å². The summed E-state index contributed by atoms with van der Waals surface area (Å²) in [5.41, 5.74) is 1.22. The lowest BCUT2D eigenvalue weighted by Crippen LogP contribution is -2.28. The van der Waals surface area contributed by atoms with Crippen molar-refractivity contribution in [2.24, 2.45) is 7.05 Å². The highest BCUT2D eigenvalue weighted by Gasteiger charge is 2.21. The predicted molar refractivity (Wildman–Crippen MR) is 79.7 cm³/mol. The van der Waals surface area contributed by atoms with Gasteiger partial charge in [0.2, 0.25) is 0 Å². The molecular weight excluding hydrogens is 320 g/mol. The third-order valence-corrected chi connectivity index (χ3v) is 3.89. The van der Waals surface area contributed by atoms with Gasteiger partial charge in [-0.05, 0) is 18.2 Å². The van der Waals surface area contributed by atoms with Crippen LogP contribution in [-0.2, 0) is 13.5 Å². The van der Waals surface area contributed by atoms with Crippen LogP contribution in [0.5, 0.6) is 5.75 Å². The van der Waals surface area contributed by atoms with Crippen molar-refractivity contribution in [3.8, 4) is 5.75 Å². The van der Waals surface area contributed by atoms with Crippen LogP contribution in [0, 0.1) is 0 Å². The lowest BCUT2D eigenvalue weighted by atomic mass is 10.0. The Morgan fingerprint density at radius 2 is 2.40 bits per heavy atom. The van der Waals surface area contributed by atoms with Crippen molar-refractivity contribution in [3.05, 3.63) is 40.4 Å². The Bertz CT molecular complexity index is 599. The van der Waals surface area contributed by atoms with Crippen LogP contribution in [0.2, 0.25) is 0 Å². The summed E-state index contributed by atoms with van der Waals surface area (Å²) in [6.45, 7) is 1.62. The maximum Gasteiger partial charge on any atom is 0.151 e. The Balaban J connectivity index is 1.63. The van der Waals surface area contributed by atoms with Crippen LogP contribution in [-0.4, -0.2) is 27.9 Å². The van der Waals surface area contributed by atoms with Crippen molar-refractivity contribution < 1.29 is 4.74 Å². The first-order valence-corrected chi connectivity index (χ1v) is 7.52. The molecule has 1 unspecified atom stereocenters. The highest BCUT2D eigenvalue weighted by molar-refractivity contribution is 9.10. The maximum atomic E-state index is 5.69. The normalized spacial score (nSPS) is 17.6. The molecule has 0 amide bonds. The smallest absolute Gasteiger partial charge is 0.151 e. The second-order valence-corrected chi connectivity index (χ2v) is 5.83. The summed E-state index contributed by atoms with van der Waals surface area (Å²) in [7, 11) is 1.89. The molecule has 20 heavy (non-hydrogen) atoms. The third kappa shape index (κ3) is 3.02. The summed E-state index contributed by atoms with van der Waals surface area (Å²) in [6.07, 6.45) is 3.55. The molecule has 0 spiro atoms. The number of rotatable bonds is 4. The number of halogens is 1. The lowest BCUT2D eigenvalue weighted by molar-refractivity contribution is 0.253. The second kappa shape index (κ2) is 5.93. The highest BCUT2D eigenvalue weighted by atomic mass is 79.9. The predicted octanol–water partition coefficient (Wildman–Crippen LogP) is 2.23. The van der Waals surface area contributed by atoms with Gasteiger partial charge in [0.05, 0.1) is 6.61 Å². The van der Waals surface area contributed by atoms with Gasteiger partial charge in [0.15, 0.2) is 5.82 Å². The van der Waals surface area contributed by atoms with E-state index in [1.54, 1.807) is 11.0 Å². The van der Waals surface area contributed by atoms with Crippen molar-refractivity contribution in [2.75, 3.05) is 13.2 Å². The molecule has 1 aromatic carbocycles. The number of hydrogen-bond acceptors (Lipinski definition) is 4. The van der Waals surface area contributed by atoms with E-state index in [-0.39, 0.29) is 0 Å². The van der Waals surface area contributed by atoms with E-state index in [1.165, 1.54) is 5.56 Å². The van der Waals surface area contributed by atoms with Crippen LogP contribution >= 0.6 is 15.9 Å². The Morgan fingerprint density at radius 1 is 1.50 bits per heavy atom. The second-order valence-electron chi connectivity index (χ2n) is 4.91. The van der Waals surface area contributed by atoms with Crippen molar-refractivity contribution >= 4 is 15.9 Å². The van der Waals surface area contributed by atoms with Crippen LogP contribution in [0.25, 0.3) is 0 Å². The van der Waals surface area contributed by atoms with E-state index in [1.807, 2.05) is 19.2 Å². The number of hydrogen-bond donors (Lipinski definition) is 1. The zero-order chi connectivity index (χ0) is 13.9. The summed E-state index contributed by atoms with van der Waals surface area (Å²) < 4.78 is 8.50. The van der Waals surface area contributed by atoms with Gasteiger partial charge in [0.1, 0.15) is 12.1 Å². The fourth-order valence-corrected chi connectivity index (χ4v) is 2.81. The first kappa shape index (κ1) is 13.6. The lowest BCUT2D eigenvalue weighted by Gasteiger charge is -2.27. The maximum absolute atomic E-state index is 5.69. The van der Waals surface area contributed by atoms with E-state index in [0.29, 0.717) is 6.04 Å². The Morgan fingerprint density at radius 3 is 3.20 bits per heavy atom. The number of benzene rings is 1. The minimum atomic E-state index is 0.333. The summed E-state index contributed by atoms with van der Waals surface area (Å²) in [5, 5.41) is 7.86. The molecule has 0 bridgehead atoms. The molecule has 106 valence electrons. The molecule has 0 saturated heterocycles. The molecular formula is C14H17BrN4O. The van der Waals surface area contributed by atoms with Gasteiger partial charge in [-0.2, -0.15) is 5.10 Å². The molecule has 0 fully saturated rings. The number of ether oxygens (including phenoxy) is 1. The van der Waals surface area contributed by atoms with Crippen molar-refractivity contribution in [2.45, 2.75) is 18.9 Å². The standard InChI is InChI=1S/C14H17BrN4O/c1-19-9-17-14(18-19)4-6-16-12-5-7-20-13-3-2-10(15)8-11(12)13/h2-3,8-9,12,16H,4-7H2,1H3. The Hall–Kier alpha value is -1.40. The minimum absolute atomic E-state index is 0.333. The molecule has 2 heterocycles. The summed E-state index contributed by atoms with van der Waals surface area (Å²) >= 11 is 3.52. The van der Waals surface area contributed by atoms with Gasteiger partial charge >= 0.3 is 0 Å². The van der Waals surface area contributed by atoms with E-state index in [4.69, 9.17) is 4.74 Å². The SMILES string of the molecule is Cn1cnc(CCNC2CCOc3ccc(Br)cc32)n1. The van der Waals surface area contributed by atoms with Crippen LogP contribution < -0.4 is 10.1 Å². The molecule has 1 aliphatic heterocycles. The molecule has 0 aliphatic carbocycles. The van der Waals surface area contributed by atoms with Crippen LogP contribution in [0.4, 0.5) is 0 Å². The van der Waals surface area contributed by atoms with Gasteiger partial charge in [-0.3, -0.25) is 4.68 Å². The molecule has 5 nitrogen and oxygen atoms in total. The summed E-state index contributed by atoms with van der Waals surface area (Å²) in [6, 6.07) is 6.50. The van der Waals surface area contributed by atoms with E-state index in [9.17, 15) is 0 Å². The van der Waals surface area contributed by atoms with Crippen molar-refractivity contribution in [1.29, 1.82) is 0 Å². The largest absolute Gasteiger partial charge is 0.493 e. The van der Waals surface area contributed by atoms with E-state index < -0.39 is 0 Å². The summed E-state index contributed by atoms with van der Waals surface area (Å²) in [5.74, 6) is 1.86. The monoisotopic (exact) mass is 336 g/mol. The molecule has 0 saturated carbocycles. The number of nitrogens with zero attached hydrogens (tertiary/aromatic N) is 3. The van der Waals surface area contributed by atoms with Gasteiger partial charge in [-0.1, -0.05) is 15.9 Å². The number of nitrogens with one attached hydrogen (secondary N) is 1. The number of fused-ring (bicyclic) bond motifs is 1. The first-order valence-electron chi connectivity index (χ1n) is 6.72. The fraction of sp³-hybridized carbons (Fsp3) is 0.429. The summed E-state index contributed by atoms with van der Waals surface area (Å²) in [4.78, 5) is 4.24. The van der Waals surface area contributed by atoms with E-state index in [2.05, 4.69) is 37.4 Å². The van der Waals surface area contributed by atoms with Crippen LogP contribution in [0.1, 0.15) is 23.9 Å². The number of aromatic nitrogens is 3. The average molecular weight is 337 g/mol. The van der Waals surface area contributed by atoms with Crippen molar-refractivity contribution in [3.63, 3.8) is 0 Å². The van der Waals surface area contributed by atoms with Crippen LogP contribution in [0.3, 0.4) is 0 Å². The third-order valence-electron chi connectivity index (χ3n) is 3.40. The zero-order valence-corrected chi connectivity index (χ0v) is 12.9. The molecule has 1 N–H and O–H groups in total. The Kier molecular flexibility index (Phi) is 4.03. The zero-order valence-electron chi connectivity index (χ0n) is 11.3. The minimum Gasteiger partial charge on any atom is -0.493 e.